The predicted molar refractivity (Wildman–Crippen MR) is 169 cm³/mol. The topological polar surface area (TPSA) is 99.1 Å². The smallest absolute Gasteiger partial charge is 0.362 e. The molecule has 0 rings (SSSR count). The van der Waals surface area contributed by atoms with Crippen molar-refractivity contribution < 1.29 is 38.2 Å². The predicted octanol–water partition coefficient (Wildman–Crippen LogP) is 7.85. The summed E-state index contributed by atoms with van der Waals surface area (Å²) in [5, 5.41) is 9.53. The van der Waals surface area contributed by atoms with Gasteiger partial charge in [0.25, 0.3) is 0 Å². The fraction of sp³-hybridized carbons (Fsp3) is 0.912. The molecule has 8 nitrogen and oxygen atoms in total. The number of carbonyl (C=O) groups is 3. The number of aliphatic carboxylic acids is 1. The van der Waals surface area contributed by atoms with Crippen molar-refractivity contribution in [3.8, 4) is 0 Å². The summed E-state index contributed by atoms with van der Waals surface area (Å²) < 4.78 is 17.1. The van der Waals surface area contributed by atoms with E-state index < -0.39 is 18.1 Å². The molecule has 0 fully saturated rings. The van der Waals surface area contributed by atoms with Crippen molar-refractivity contribution in [2.24, 2.45) is 0 Å². The number of carboxylic acids is 1. The average Bonchev–Trinajstić information content (AvgIpc) is 2.92. The molecule has 0 radical (unpaired) electrons. The van der Waals surface area contributed by atoms with Crippen LogP contribution in [0.15, 0.2) is 0 Å². The van der Waals surface area contributed by atoms with Gasteiger partial charge in [-0.3, -0.25) is 9.59 Å². The molecule has 0 bridgehead atoms. The van der Waals surface area contributed by atoms with E-state index in [1.165, 1.54) is 77.0 Å². The number of rotatable bonds is 30. The van der Waals surface area contributed by atoms with E-state index >= 15 is 0 Å². The van der Waals surface area contributed by atoms with E-state index in [9.17, 15) is 19.5 Å². The van der Waals surface area contributed by atoms with Crippen molar-refractivity contribution in [3.05, 3.63) is 0 Å². The minimum absolute atomic E-state index is 0.0442. The van der Waals surface area contributed by atoms with E-state index in [0.717, 1.165) is 38.5 Å². The second-order valence-electron chi connectivity index (χ2n) is 12.8. The van der Waals surface area contributed by atoms with Crippen molar-refractivity contribution in [3.63, 3.8) is 0 Å². The van der Waals surface area contributed by atoms with Crippen LogP contribution < -0.4 is 0 Å². The number of esters is 2. The Morgan fingerprint density at radius 3 is 1.48 bits per heavy atom. The van der Waals surface area contributed by atoms with Gasteiger partial charge < -0.3 is 23.8 Å². The van der Waals surface area contributed by atoms with Crippen LogP contribution in [-0.2, 0) is 28.6 Å². The van der Waals surface area contributed by atoms with Crippen LogP contribution in [0.1, 0.15) is 149 Å². The Morgan fingerprint density at radius 1 is 0.619 bits per heavy atom. The number of carboxylic acid groups (broad SMARTS) is 1. The van der Waals surface area contributed by atoms with Crippen LogP contribution in [0.25, 0.3) is 0 Å². The second-order valence-corrected chi connectivity index (χ2v) is 12.8. The van der Waals surface area contributed by atoms with Gasteiger partial charge in [-0.05, 0) is 12.8 Å². The third-order valence-electron chi connectivity index (χ3n) is 7.76. The summed E-state index contributed by atoms with van der Waals surface area (Å²) in [5.74, 6) is -1.47. The van der Waals surface area contributed by atoms with Gasteiger partial charge in [-0.2, -0.15) is 0 Å². The van der Waals surface area contributed by atoms with Gasteiger partial charge in [0.1, 0.15) is 6.61 Å². The quantitative estimate of drug-likeness (QED) is 0.0509. The molecule has 2 atom stereocenters. The van der Waals surface area contributed by atoms with Gasteiger partial charge >= 0.3 is 17.9 Å². The zero-order chi connectivity index (χ0) is 31.5. The molecule has 0 amide bonds. The van der Waals surface area contributed by atoms with Crippen molar-refractivity contribution in [1.82, 2.24) is 0 Å². The van der Waals surface area contributed by atoms with E-state index in [1.54, 1.807) is 0 Å². The van der Waals surface area contributed by atoms with Crippen LogP contribution in [0.3, 0.4) is 0 Å². The summed E-state index contributed by atoms with van der Waals surface area (Å²) in [6.07, 6.45) is 21.5. The van der Waals surface area contributed by atoms with Crippen molar-refractivity contribution >= 4 is 17.9 Å². The molecule has 0 aromatic heterocycles. The first-order chi connectivity index (χ1) is 20.1. The first-order valence-corrected chi connectivity index (χ1v) is 17.1. The number of ether oxygens (including phenoxy) is 3. The summed E-state index contributed by atoms with van der Waals surface area (Å²) >= 11 is 0. The molecule has 0 heterocycles. The normalized spacial score (nSPS) is 13.1. The first-order valence-electron chi connectivity index (χ1n) is 17.1. The molecule has 42 heavy (non-hydrogen) atoms. The number of hydrogen-bond acceptors (Lipinski definition) is 6. The molecule has 248 valence electrons. The molecular weight excluding hydrogens is 534 g/mol. The third kappa shape index (κ3) is 24.9. The number of nitrogens with zero attached hydrogens (tertiary/aromatic N) is 1. The van der Waals surface area contributed by atoms with E-state index in [4.69, 9.17) is 14.2 Å². The Hall–Kier alpha value is -1.67. The second kappa shape index (κ2) is 26.9. The molecule has 0 aliphatic rings. The Bertz CT molecular complexity index is 677. The van der Waals surface area contributed by atoms with Gasteiger partial charge in [0, 0.05) is 19.3 Å². The molecule has 0 saturated heterocycles. The van der Waals surface area contributed by atoms with E-state index in [-0.39, 0.29) is 36.2 Å². The van der Waals surface area contributed by atoms with Crippen LogP contribution in [0.4, 0.5) is 0 Å². The van der Waals surface area contributed by atoms with E-state index in [2.05, 4.69) is 13.8 Å². The zero-order valence-corrected chi connectivity index (χ0v) is 28.0. The maximum absolute atomic E-state index is 12.5. The van der Waals surface area contributed by atoms with Gasteiger partial charge in [-0.25, -0.2) is 4.79 Å². The fourth-order valence-corrected chi connectivity index (χ4v) is 5.03. The monoisotopic (exact) mass is 600 g/mol. The summed E-state index contributed by atoms with van der Waals surface area (Å²) in [6.45, 7) is 4.68. The third-order valence-corrected chi connectivity index (χ3v) is 7.76. The van der Waals surface area contributed by atoms with E-state index in [0.29, 0.717) is 19.3 Å². The van der Waals surface area contributed by atoms with Crippen LogP contribution in [0.2, 0.25) is 0 Å². The lowest BCUT2D eigenvalue weighted by atomic mass is 10.1. The van der Waals surface area contributed by atoms with E-state index in [1.807, 2.05) is 21.1 Å². The largest absolute Gasteiger partial charge is 0.477 e. The number of carbonyl (C=O) groups excluding carboxylic acids is 2. The molecule has 8 heteroatoms. The molecule has 0 aromatic carbocycles. The lowest BCUT2D eigenvalue weighted by Crippen LogP contribution is -2.50. The van der Waals surface area contributed by atoms with Crippen molar-refractivity contribution in [1.29, 1.82) is 0 Å². The highest BCUT2D eigenvalue weighted by Crippen LogP contribution is 2.13. The SMILES string of the molecule is CCCCCCCCCCCC(=O)OCC(COCCC(C(=O)O)[N+](C)(C)C)OC(=O)CCCCCCCCCCC. The standard InChI is InChI=1S/C34H65NO7/c1-6-8-10-12-14-16-18-20-22-24-32(36)41-29-30(28-40-27-26-31(34(38)39)35(3,4)5)42-33(37)25-23-21-19-17-15-13-11-9-7-2/h30-31H,6-29H2,1-5H3/p+1. The minimum Gasteiger partial charge on any atom is -0.477 e. The Morgan fingerprint density at radius 2 is 1.05 bits per heavy atom. The van der Waals surface area contributed by atoms with Crippen molar-refractivity contribution in [2.45, 2.75) is 161 Å². The zero-order valence-electron chi connectivity index (χ0n) is 28.0. The Kier molecular flexibility index (Phi) is 25.8. The summed E-state index contributed by atoms with van der Waals surface area (Å²) in [5.41, 5.74) is 0. The summed E-state index contributed by atoms with van der Waals surface area (Å²) in [6, 6.07) is -0.605. The van der Waals surface area contributed by atoms with Crippen LogP contribution in [0, 0.1) is 0 Å². The van der Waals surface area contributed by atoms with Gasteiger partial charge in [-0.15, -0.1) is 0 Å². The molecule has 0 aliphatic carbocycles. The number of hydrogen-bond donors (Lipinski definition) is 1. The number of likely N-dealkylation sites (N-methyl/N-ethyl adjacent to an activating group) is 1. The fourth-order valence-electron chi connectivity index (χ4n) is 5.03. The maximum atomic E-state index is 12.5. The van der Waals surface area contributed by atoms with Gasteiger partial charge in [0.2, 0.25) is 0 Å². The molecule has 0 aliphatic heterocycles. The summed E-state index contributed by atoms with van der Waals surface area (Å²) in [4.78, 5) is 36.5. The highest BCUT2D eigenvalue weighted by Gasteiger charge is 2.31. The lowest BCUT2D eigenvalue weighted by Gasteiger charge is -2.31. The minimum atomic E-state index is -0.875. The van der Waals surface area contributed by atoms with Crippen LogP contribution in [0.5, 0.6) is 0 Å². The molecular formula is C34H66NO7+. The Labute approximate surface area is 257 Å². The lowest BCUT2D eigenvalue weighted by molar-refractivity contribution is -0.887. The molecule has 0 aromatic rings. The molecule has 0 saturated carbocycles. The Balaban J connectivity index is 4.47. The summed E-state index contributed by atoms with van der Waals surface area (Å²) in [7, 11) is 5.51. The highest BCUT2D eigenvalue weighted by atomic mass is 16.6. The molecule has 0 spiro atoms. The molecule has 2 unspecified atom stereocenters. The van der Waals surface area contributed by atoms with Crippen LogP contribution in [-0.4, -0.2) is 80.6 Å². The highest BCUT2D eigenvalue weighted by molar-refractivity contribution is 5.72. The average molecular weight is 601 g/mol. The van der Waals surface area contributed by atoms with Gasteiger partial charge in [-0.1, -0.05) is 117 Å². The van der Waals surface area contributed by atoms with Crippen molar-refractivity contribution in [2.75, 3.05) is 41.0 Å². The van der Waals surface area contributed by atoms with Gasteiger partial charge in [0.05, 0.1) is 34.4 Å². The first kappa shape index (κ1) is 40.3. The number of quaternary nitrogens is 1. The number of unbranched alkanes of at least 4 members (excludes halogenated alkanes) is 16. The molecule has 1 N–H and O–H groups in total. The van der Waals surface area contributed by atoms with Gasteiger partial charge in [0.15, 0.2) is 12.1 Å². The maximum Gasteiger partial charge on any atom is 0.362 e. The van der Waals surface area contributed by atoms with Crippen LogP contribution >= 0.6 is 0 Å².